The summed E-state index contributed by atoms with van der Waals surface area (Å²) in [6.07, 6.45) is 1.63. The van der Waals surface area contributed by atoms with Crippen LogP contribution < -0.4 is 14.8 Å². The van der Waals surface area contributed by atoms with Crippen molar-refractivity contribution in [2.45, 2.75) is 52.7 Å². The number of aliphatic hydroxyl groups is 1. The molecule has 4 heteroatoms. The van der Waals surface area contributed by atoms with Gasteiger partial charge in [-0.1, -0.05) is 26.8 Å². The van der Waals surface area contributed by atoms with Gasteiger partial charge in [0.1, 0.15) is 18.1 Å². The maximum absolute atomic E-state index is 10.1. The molecule has 0 aromatic heterocycles. The zero-order valence-corrected chi connectivity index (χ0v) is 13.7. The zero-order chi connectivity index (χ0) is 15.7. The molecule has 1 atom stereocenters. The molecule has 2 N–H and O–H groups in total. The summed E-state index contributed by atoms with van der Waals surface area (Å²) in [6, 6.07) is 5.89. The first-order valence-corrected chi connectivity index (χ1v) is 7.84. The molecule has 0 aliphatic heterocycles. The van der Waals surface area contributed by atoms with Crippen molar-refractivity contribution >= 4 is 0 Å². The summed E-state index contributed by atoms with van der Waals surface area (Å²) >= 11 is 0. The summed E-state index contributed by atoms with van der Waals surface area (Å²) in [5.41, 5.74) is 0.267. The summed E-state index contributed by atoms with van der Waals surface area (Å²) in [5.74, 6) is 1.58. The molecule has 0 aliphatic rings. The molecule has 0 fully saturated rings. The van der Waals surface area contributed by atoms with Gasteiger partial charge in [-0.05, 0) is 32.4 Å². The van der Waals surface area contributed by atoms with Crippen LogP contribution in [0.3, 0.4) is 0 Å². The predicted molar refractivity (Wildman–Crippen MR) is 86.0 cm³/mol. The summed E-state index contributed by atoms with van der Waals surface area (Å²) in [7, 11) is 0. The Hall–Kier alpha value is -1.26. The monoisotopic (exact) mass is 295 g/mol. The normalized spacial score (nSPS) is 13.8. The minimum Gasteiger partial charge on any atom is -0.493 e. The highest BCUT2D eigenvalue weighted by Crippen LogP contribution is 2.26. The van der Waals surface area contributed by atoms with E-state index in [1.165, 1.54) is 0 Å². The Bertz CT molecular complexity index is 418. The Balaban J connectivity index is 2.82. The molecule has 1 unspecified atom stereocenters. The van der Waals surface area contributed by atoms with Crippen LogP contribution in [0.25, 0.3) is 0 Å². The fourth-order valence-corrected chi connectivity index (χ4v) is 1.72. The molecule has 0 aliphatic carbocycles. The number of rotatable bonds is 10. The van der Waals surface area contributed by atoms with Crippen LogP contribution in [0.2, 0.25) is 0 Å². The predicted octanol–water partition coefficient (Wildman–Crippen LogP) is 3.12. The van der Waals surface area contributed by atoms with Crippen molar-refractivity contribution < 1.29 is 14.6 Å². The molecule has 0 radical (unpaired) electrons. The van der Waals surface area contributed by atoms with E-state index >= 15 is 0 Å². The number of ether oxygens (including phenoxy) is 2. The lowest BCUT2D eigenvalue weighted by atomic mass is 10.1. The van der Waals surface area contributed by atoms with Crippen LogP contribution in [0.4, 0.5) is 0 Å². The lowest BCUT2D eigenvalue weighted by molar-refractivity contribution is 0.00808. The minimum atomic E-state index is -0.810. The van der Waals surface area contributed by atoms with E-state index < -0.39 is 5.60 Å². The number of benzene rings is 1. The third-order valence-electron chi connectivity index (χ3n) is 3.38. The molecule has 0 saturated carbocycles. The first-order valence-electron chi connectivity index (χ1n) is 7.84. The average Bonchev–Trinajstić information content (AvgIpc) is 2.49. The van der Waals surface area contributed by atoms with Crippen LogP contribution >= 0.6 is 0 Å². The van der Waals surface area contributed by atoms with Crippen LogP contribution in [-0.2, 0) is 6.54 Å². The van der Waals surface area contributed by atoms with E-state index in [4.69, 9.17) is 9.47 Å². The quantitative estimate of drug-likeness (QED) is 0.696. The van der Waals surface area contributed by atoms with Gasteiger partial charge in [0.15, 0.2) is 0 Å². The Morgan fingerprint density at radius 3 is 2.57 bits per heavy atom. The topological polar surface area (TPSA) is 50.7 Å². The molecule has 0 spiro atoms. The van der Waals surface area contributed by atoms with E-state index in [0.717, 1.165) is 36.6 Å². The van der Waals surface area contributed by atoms with Crippen molar-refractivity contribution in [3.8, 4) is 11.5 Å². The number of hydrogen-bond acceptors (Lipinski definition) is 4. The SMILES string of the molecule is CCCOc1ccc(CNCC)c(OCC(C)(O)CC)c1. The van der Waals surface area contributed by atoms with Gasteiger partial charge in [0, 0.05) is 18.2 Å². The first-order chi connectivity index (χ1) is 10.0. The number of nitrogens with one attached hydrogen (secondary N) is 1. The molecule has 21 heavy (non-hydrogen) atoms. The van der Waals surface area contributed by atoms with Gasteiger partial charge in [-0.25, -0.2) is 0 Å². The highest BCUT2D eigenvalue weighted by molar-refractivity contribution is 5.40. The van der Waals surface area contributed by atoms with Crippen LogP contribution in [0.5, 0.6) is 11.5 Å². The maximum Gasteiger partial charge on any atom is 0.127 e. The van der Waals surface area contributed by atoms with Gasteiger partial charge in [-0.3, -0.25) is 0 Å². The van der Waals surface area contributed by atoms with Gasteiger partial charge in [0.25, 0.3) is 0 Å². The maximum atomic E-state index is 10.1. The van der Waals surface area contributed by atoms with Gasteiger partial charge in [-0.15, -0.1) is 0 Å². The lowest BCUT2D eigenvalue weighted by Crippen LogP contribution is -2.31. The van der Waals surface area contributed by atoms with Gasteiger partial charge < -0.3 is 19.9 Å². The second-order valence-corrected chi connectivity index (χ2v) is 5.54. The van der Waals surface area contributed by atoms with Crippen molar-refractivity contribution in [2.24, 2.45) is 0 Å². The molecule has 0 bridgehead atoms. The van der Waals surface area contributed by atoms with E-state index in [0.29, 0.717) is 13.0 Å². The Labute approximate surface area is 128 Å². The summed E-state index contributed by atoms with van der Waals surface area (Å²) in [5, 5.41) is 13.4. The molecule has 0 amide bonds. The minimum absolute atomic E-state index is 0.278. The molecule has 1 aromatic carbocycles. The van der Waals surface area contributed by atoms with Crippen LogP contribution in [0.15, 0.2) is 18.2 Å². The molecule has 0 saturated heterocycles. The lowest BCUT2D eigenvalue weighted by Gasteiger charge is -2.23. The molecular formula is C17H29NO3. The fourth-order valence-electron chi connectivity index (χ4n) is 1.72. The highest BCUT2D eigenvalue weighted by atomic mass is 16.5. The highest BCUT2D eigenvalue weighted by Gasteiger charge is 2.19. The summed E-state index contributed by atoms with van der Waals surface area (Å²) in [6.45, 7) is 10.5. The molecule has 1 rings (SSSR count). The molecule has 4 nitrogen and oxygen atoms in total. The van der Waals surface area contributed by atoms with E-state index in [1.54, 1.807) is 6.92 Å². The van der Waals surface area contributed by atoms with E-state index in [2.05, 4.69) is 19.2 Å². The molecule has 120 valence electrons. The fraction of sp³-hybridized carbons (Fsp3) is 0.647. The second-order valence-electron chi connectivity index (χ2n) is 5.54. The first kappa shape index (κ1) is 17.8. The standard InChI is InChI=1S/C17H29NO3/c1-5-10-20-15-9-8-14(12-18-7-3)16(11-15)21-13-17(4,19)6-2/h8-9,11,18-19H,5-7,10,12-13H2,1-4H3. The largest absolute Gasteiger partial charge is 0.493 e. The van der Waals surface area contributed by atoms with E-state index in [-0.39, 0.29) is 6.61 Å². The third-order valence-corrected chi connectivity index (χ3v) is 3.38. The number of hydrogen-bond donors (Lipinski definition) is 2. The molecular weight excluding hydrogens is 266 g/mol. The van der Waals surface area contributed by atoms with Crippen LogP contribution in [0, 0.1) is 0 Å². The summed E-state index contributed by atoms with van der Waals surface area (Å²) < 4.78 is 11.5. The van der Waals surface area contributed by atoms with Crippen LogP contribution in [-0.4, -0.2) is 30.5 Å². The van der Waals surface area contributed by atoms with Gasteiger partial charge in [0.05, 0.1) is 12.2 Å². The average molecular weight is 295 g/mol. The van der Waals surface area contributed by atoms with Gasteiger partial charge >= 0.3 is 0 Å². The van der Waals surface area contributed by atoms with Crippen molar-refractivity contribution in [3.63, 3.8) is 0 Å². The van der Waals surface area contributed by atoms with Crippen molar-refractivity contribution in [1.82, 2.24) is 5.32 Å². The Morgan fingerprint density at radius 2 is 1.95 bits per heavy atom. The van der Waals surface area contributed by atoms with Crippen molar-refractivity contribution in [2.75, 3.05) is 19.8 Å². The van der Waals surface area contributed by atoms with Gasteiger partial charge in [0.2, 0.25) is 0 Å². The Kier molecular flexibility index (Phi) is 7.54. The van der Waals surface area contributed by atoms with E-state index in [1.807, 2.05) is 25.1 Å². The van der Waals surface area contributed by atoms with E-state index in [9.17, 15) is 5.11 Å². The van der Waals surface area contributed by atoms with Gasteiger partial charge in [-0.2, -0.15) is 0 Å². The van der Waals surface area contributed by atoms with Crippen LogP contribution in [0.1, 0.15) is 46.1 Å². The Morgan fingerprint density at radius 1 is 1.19 bits per heavy atom. The summed E-state index contributed by atoms with van der Waals surface area (Å²) in [4.78, 5) is 0. The third kappa shape index (κ3) is 6.36. The second kappa shape index (κ2) is 8.90. The zero-order valence-electron chi connectivity index (χ0n) is 13.7. The molecule has 0 heterocycles. The van der Waals surface area contributed by atoms with Crippen molar-refractivity contribution in [1.29, 1.82) is 0 Å². The molecule has 1 aromatic rings. The smallest absolute Gasteiger partial charge is 0.127 e. The van der Waals surface area contributed by atoms with Crippen molar-refractivity contribution in [3.05, 3.63) is 23.8 Å².